The minimum Gasteiger partial charge on any atom is -0.394 e. The number of halogens is 2. The molecule has 1 aromatic carbocycles. The molecule has 0 bridgehead atoms. The molecule has 1 aliphatic rings. The monoisotopic (exact) mass is 283 g/mol. The minimum absolute atomic E-state index is 0.0416. The highest BCUT2D eigenvalue weighted by atomic mass is 35.5. The lowest BCUT2D eigenvalue weighted by Crippen LogP contribution is -2.36. The van der Waals surface area contributed by atoms with Gasteiger partial charge in [-0.1, -0.05) is 17.7 Å². The molecule has 1 aromatic rings. The van der Waals surface area contributed by atoms with E-state index in [0.29, 0.717) is 6.54 Å². The van der Waals surface area contributed by atoms with Gasteiger partial charge in [0, 0.05) is 18.2 Å². The topological polar surface area (TPSA) is 40.5 Å². The molecular weight excluding hydrogens is 269 g/mol. The van der Waals surface area contributed by atoms with Gasteiger partial charge >= 0.3 is 0 Å². The fraction of sp³-hybridized carbons (Fsp3) is 0.357. The van der Waals surface area contributed by atoms with Gasteiger partial charge in [0.15, 0.2) is 0 Å². The van der Waals surface area contributed by atoms with E-state index in [9.17, 15) is 9.18 Å². The van der Waals surface area contributed by atoms with Crippen molar-refractivity contribution in [2.24, 2.45) is 0 Å². The van der Waals surface area contributed by atoms with Crippen molar-refractivity contribution in [2.45, 2.75) is 18.9 Å². The van der Waals surface area contributed by atoms with Crippen molar-refractivity contribution in [3.63, 3.8) is 0 Å². The lowest BCUT2D eigenvalue weighted by molar-refractivity contribution is -0.127. The smallest absolute Gasteiger partial charge is 0.246 e. The highest BCUT2D eigenvalue weighted by Crippen LogP contribution is 2.21. The van der Waals surface area contributed by atoms with Crippen molar-refractivity contribution in [1.29, 1.82) is 0 Å². The van der Waals surface area contributed by atoms with Crippen molar-refractivity contribution < 1.29 is 14.3 Å². The zero-order chi connectivity index (χ0) is 13.8. The van der Waals surface area contributed by atoms with Gasteiger partial charge < -0.3 is 10.0 Å². The van der Waals surface area contributed by atoms with E-state index in [1.807, 2.05) is 0 Å². The van der Waals surface area contributed by atoms with Crippen LogP contribution in [0.15, 0.2) is 24.3 Å². The van der Waals surface area contributed by atoms with Crippen LogP contribution in [-0.2, 0) is 4.79 Å². The first-order chi connectivity index (χ1) is 9.13. The summed E-state index contributed by atoms with van der Waals surface area (Å²) >= 11 is 5.87. The highest BCUT2D eigenvalue weighted by Gasteiger charge is 2.26. The fourth-order valence-electron chi connectivity index (χ4n) is 2.24. The number of benzene rings is 1. The van der Waals surface area contributed by atoms with Crippen molar-refractivity contribution in [3.8, 4) is 0 Å². The van der Waals surface area contributed by atoms with Crippen molar-refractivity contribution in [2.75, 3.05) is 13.2 Å². The van der Waals surface area contributed by atoms with Gasteiger partial charge in [0.1, 0.15) is 5.82 Å². The summed E-state index contributed by atoms with van der Waals surface area (Å²) in [6.45, 7) is 0.583. The second-order valence-electron chi connectivity index (χ2n) is 4.48. The average molecular weight is 284 g/mol. The first-order valence-corrected chi connectivity index (χ1v) is 6.55. The molecule has 0 saturated carbocycles. The Morgan fingerprint density at radius 3 is 3.05 bits per heavy atom. The Balaban J connectivity index is 2.12. The van der Waals surface area contributed by atoms with E-state index in [4.69, 9.17) is 16.7 Å². The van der Waals surface area contributed by atoms with E-state index in [1.165, 1.54) is 24.3 Å². The van der Waals surface area contributed by atoms with E-state index < -0.39 is 5.82 Å². The van der Waals surface area contributed by atoms with Gasteiger partial charge in [-0.05, 0) is 31.1 Å². The average Bonchev–Trinajstić information content (AvgIpc) is 2.86. The summed E-state index contributed by atoms with van der Waals surface area (Å²) in [6, 6.07) is 4.25. The number of rotatable bonds is 3. The molecule has 1 aliphatic heterocycles. The van der Waals surface area contributed by atoms with Crippen LogP contribution in [0.3, 0.4) is 0 Å². The second-order valence-corrected chi connectivity index (χ2v) is 4.89. The van der Waals surface area contributed by atoms with E-state index >= 15 is 0 Å². The molecule has 5 heteroatoms. The molecule has 1 fully saturated rings. The van der Waals surface area contributed by atoms with Crippen LogP contribution < -0.4 is 0 Å². The minimum atomic E-state index is -0.461. The fourth-order valence-corrected chi connectivity index (χ4v) is 2.46. The van der Waals surface area contributed by atoms with E-state index in [-0.39, 0.29) is 29.1 Å². The number of amides is 1. The van der Waals surface area contributed by atoms with E-state index in [0.717, 1.165) is 12.8 Å². The van der Waals surface area contributed by atoms with Crippen molar-refractivity contribution >= 4 is 23.6 Å². The molecule has 3 nitrogen and oxygen atoms in total. The summed E-state index contributed by atoms with van der Waals surface area (Å²) in [5.74, 6) is -0.687. The number of aliphatic hydroxyl groups excluding tert-OH is 1. The molecule has 19 heavy (non-hydrogen) atoms. The van der Waals surface area contributed by atoms with Gasteiger partial charge in [0.2, 0.25) is 5.91 Å². The quantitative estimate of drug-likeness (QED) is 0.866. The van der Waals surface area contributed by atoms with Gasteiger partial charge in [-0.25, -0.2) is 4.39 Å². The second kappa shape index (κ2) is 6.17. The highest BCUT2D eigenvalue weighted by molar-refractivity contribution is 6.32. The Bertz CT molecular complexity index is 484. The Morgan fingerprint density at radius 1 is 1.58 bits per heavy atom. The van der Waals surface area contributed by atoms with Gasteiger partial charge in [-0.15, -0.1) is 0 Å². The number of nitrogens with zero attached hydrogens (tertiary/aromatic N) is 1. The van der Waals surface area contributed by atoms with E-state index in [2.05, 4.69) is 0 Å². The molecular formula is C14H15ClFNO2. The molecule has 0 spiro atoms. The SMILES string of the molecule is O=C(/C=C/c1c(F)cccc1Cl)N1CCCC1CO. The molecule has 1 unspecified atom stereocenters. The van der Waals surface area contributed by atoms with E-state index in [1.54, 1.807) is 11.0 Å². The van der Waals surface area contributed by atoms with Gasteiger partial charge in [0.25, 0.3) is 0 Å². The molecule has 0 aromatic heterocycles. The summed E-state index contributed by atoms with van der Waals surface area (Å²) in [4.78, 5) is 13.6. The maximum Gasteiger partial charge on any atom is 0.246 e. The molecule has 1 heterocycles. The molecule has 1 atom stereocenters. The number of aliphatic hydroxyl groups is 1. The summed E-state index contributed by atoms with van der Waals surface area (Å²) in [5.41, 5.74) is 0.206. The summed E-state index contributed by atoms with van der Waals surface area (Å²) in [7, 11) is 0. The van der Waals surface area contributed by atoms with Crippen LogP contribution in [0.2, 0.25) is 5.02 Å². The largest absolute Gasteiger partial charge is 0.394 e. The third kappa shape index (κ3) is 3.14. The molecule has 0 radical (unpaired) electrons. The van der Waals surface area contributed by atoms with Crippen LogP contribution >= 0.6 is 11.6 Å². The Kier molecular flexibility index (Phi) is 4.56. The number of carbonyl (C=O) groups is 1. The molecule has 2 rings (SSSR count). The Labute approximate surface area is 116 Å². The lowest BCUT2D eigenvalue weighted by Gasteiger charge is -2.21. The summed E-state index contributed by atoms with van der Waals surface area (Å²) < 4.78 is 13.5. The Hall–Kier alpha value is -1.39. The number of carbonyl (C=O) groups excluding carboxylic acids is 1. The third-order valence-corrected chi connectivity index (χ3v) is 3.59. The first kappa shape index (κ1) is 14.0. The normalized spacial score (nSPS) is 19.3. The van der Waals surface area contributed by atoms with Crippen LogP contribution in [0.25, 0.3) is 6.08 Å². The van der Waals surface area contributed by atoms with Crippen LogP contribution in [0.5, 0.6) is 0 Å². The maximum absolute atomic E-state index is 13.5. The predicted octanol–water partition coefficient (Wildman–Crippen LogP) is 2.48. The van der Waals surface area contributed by atoms with Gasteiger partial charge in [0.05, 0.1) is 17.7 Å². The number of hydrogen-bond donors (Lipinski definition) is 1. The van der Waals surface area contributed by atoms with Crippen LogP contribution in [0.1, 0.15) is 18.4 Å². The van der Waals surface area contributed by atoms with Crippen molar-refractivity contribution in [3.05, 3.63) is 40.7 Å². The van der Waals surface area contributed by atoms with Crippen LogP contribution in [-0.4, -0.2) is 35.1 Å². The van der Waals surface area contributed by atoms with Crippen LogP contribution in [0, 0.1) is 5.82 Å². The molecule has 1 N–H and O–H groups in total. The lowest BCUT2D eigenvalue weighted by atomic mass is 10.2. The number of hydrogen-bond acceptors (Lipinski definition) is 2. The Morgan fingerprint density at radius 2 is 2.37 bits per heavy atom. The summed E-state index contributed by atoms with van der Waals surface area (Å²) in [6.07, 6.45) is 4.37. The summed E-state index contributed by atoms with van der Waals surface area (Å²) in [5, 5.41) is 9.43. The molecule has 102 valence electrons. The zero-order valence-corrected chi connectivity index (χ0v) is 11.1. The third-order valence-electron chi connectivity index (χ3n) is 3.26. The van der Waals surface area contributed by atoms with Crippen molar-refractivity contribution in [1.82, 2.24) is 4.90 Å². The molecule has 1 saturated heterocycles. The van der Waals surface area contributed by atoms with Gasteiger partial charge in [-0.3, -0.25) is 4.79 Å². The first-order valence-electron chi connectivity index (χ1n) is 6.17. The van der Waals surface area contributed by atoms with Crippen LogP contribution in [0.4, 0.5) is 4.39 Å². The predicted molar refractivity (Wildman–Crippen MR) is 72.3 cm³/mol. The maximum atomic E-state index is 13.5. The molecule has 0 aliphatic carbocycles. The number of likely N-dealkylation sites (tertiary alicyclic amines) is 1. The van der Waals surface area contributed by atoms with Gasteiger partial charge in [-0.2, -0.15) is 0 Å². The standard InChI is InChI=1S/C14H15ClFNO2/c15-12-4-1-5-13(16)11(12)6-7-14(19)17-8-2-3-10(17)9-18/h1,4-7,10,18H,2-3,8-9H2/b7-6+. The zero-order valence-electron chi connectivity index (χ0n) is 10.4. The molecule has 1 amide bonds.